The van der Waals surface area contributed by atoms with E-state index in [4.69, 9.17) is 6.11 Å². The maximum atomic E-state index is 13.0. The molecule has 1 spiro atoms. The maximum absolute atomic E-state index is 13.0. The predicted molar refractivity (Wildman–Crippen MR) is 98.2 cm³/mol. The lowest BCUT2D eigenvalue weighted by Crippen LogP contribution is -2.65. The minimum absolute atomic E-state index is 0.0291. The van der Waals surface area contributed by atoms with E-state index in [0.29, 0.717) is 18.8 Å². The molecule has 0 aromatic carbocycles. The van der Waals surface area contributed by atoms with Gasteiger partial charge in [-0.3, -0.25) is 9.59 Å². The third-order valence-electron chi connectivity index (χ3n) is 8.89. The van der Waals surface area contributed by atoms with Crippen LogP contribution in [0.5, 0.6) is 0 Å². The minimum Gasteiger partial charge on any atom is -0.462 e. The molecule has 4 saturated carbocycles. The van der Waals surface area contributed by atoms with Crippen molar-refractivity contribution < 1.29 is 20.8 Å². The summed E-state index contributed by atoms with van der Waals surface area (Å²) in [7, 11) is 0. The lowest BCUT2D eigenvalue weighted by atomic mass is 9.40. The maximum Gasteiger partial charge on any atom is 0.302 e. The Labute approximate surface area is 158 Å². The van der Waals surface area contributed by atoms with Gasteiger partial charge in [0.25, 0.3) is 0 Å². The molecule has 8 atom stereocenters. The van der Waals surface area contributed by atoms with Crippen molar-refractivity contribution in [2.75, 3.05) is 0 Å². The average Bonchev–Trinajstić information content (AvgIpc) is 2.65. The van der Waals surface area contributed by atoms with E-state index in [2.05, 4.69) is 20.8 Å². The summed E-state index contributed by atoms with van der Waals surface area (Å²) in [5.41, 5.74) is -0.624. The molecule has 0 aromatic rings. The van der Waals surface area contributed by atoms with Gasteiger partial charge in [0.2, 0.25) is 0 Å². The summed E-state index contributed by atoms with van der Waals surface area (Å²) >= 11 is 0. The fraction of sp³-hybridized carbons (Fsp3) is 0.909. The quantitative estimate of drug-likeness (QED) is 0.721. The van der Waals surface area contributed by atoms with Crippen LogP contribution in [-0.2, 0) is 14.3 Å². The molecule has 4 nitrogen and oxygen atoms in total. The van der Waals surface area contributed by atoms with Crippen molar-refractivity contribution in [1.29, 1.82) is 0 Å². The molecule has 26 heavy (non-hydrogen) atoms. The summed E-state index contributed by atoms with van der Waals surface area (Å²) in [5, 5.41) is 11.3. The topological polar surface area (TPSA) is 63.6 Å². The van der Waals surface area contributed by atoms with Gasteiger partial charge in [-0.2, -0.15) is 0 Å². The van der Waals surface area contributed by atoms with Crippen LogP contribution >= 0.6 is 0 Å². The van der Waals surface area contributed by atoms with Gasteiger partial charge in [0, 0.05) is 31.5 Å². The van der Waals surface area contributed by atoms with Crippen molar-refractivity contribution in [1.82, 2.24) is 0 Å². The number of ketones is 1. The van der Waals surface area contributed by atoms with Crippen LogP contribution in [0.3, 0.4) is 0 Å². The predicted octanol–water partition coefficient (Wildman–Crippen LogP) is 3.75. The van der Waals surface area contributed by atoms with Crippen LogP contribution in [0.2, 0.25) is 0 Å². The zero-order valence-electron chi connectivity index (χ0n) is 17.8. The highest BCUT2D eigenvalue weighted by Gasteiger charge is 2.71. The van der Waals surface area contributed by atoms with Gasteiger partial charge in [0.15, 0.2) is 0 Å². The number of aliphatic hydroxyl groups is 1. The zero-order valence-corrected chi connectivity index (χ0v) is 16.8. The summed E-state index contributed by atoms with van der Waals surface area (Å²) in [6.45, 7) is 10.1. The van der Waals surface area contributed by atoms with E-state index in [1.54, 1.807) is 0 Å². The smallest absolute Gasteiger partial charge is 0.302 e. The zero-order chi connectivity index (χ0) is 20.0. The summed E-state index contributed by atoms with van der Waals surface area (Å²) in [6.07, 6.45) is 3.66. The summed E-state index contributed by atoms with van der Waals surface area (Å²) < 4.78 is 14.6. The van der Waals surface area contributed by atoms with Crippen molar-refractivity contribution in [3.05, 3.63) is 0 Å². The molecule has 0 radical (unpaired) electrons. The molecule has 1 N–H and O–H groups in total. The Bertz CT molecular complexity index is 686. The largest absolute Gasteiger partial charge is 0.462 e. The summed E-state index contributed by atoms with van der Waals surface area (Å²) in [4.78, 5) is 24.9. The van der Waals surface area contributed by atoms with E-state index in [1.165, 1.54) is 6.92 Å². The molecule has 0 aromatic heterocycles. The second kappa shape index (κ2) is 5.56. The number of fused-ring (bicyclic) bond motifs is 3. The van der Waals surface area contributed by atoms with Crippen LogP contribution in [0.25, 0.3) is 0 Å². The van der Waals surface area contributed by atoms with Gasteiger partial charge in [0.05, 0.1) is 6.10 Å². The Morgan fingerprint density at radius 1 is 1.23 bits per heavy atom. The SMILES string of the molecule is [2H][C@@]1(C)C[C@@]23CC[C@@H]4C(C)(C)CC[C@H](OC(C)=O)[C@@]4(C)[C@@H]2CC(=O)[C@@H]1[C@H]3O. The molecule has 4 rings (SSSR count). The van der Waals surface area contributed by atoms with Gasteiger partial charge >= 0.3 is 5.97 Å². The highest BCUT2D eigenvalue weighted by Crippen LogP contribution is 2.71. The van der Waals surface area contributed by atoms with Gasteiger partial charge in [-0.15, -0.1) is 0 Å². The normalized spacial score (nSPS) is 55.5. The second-order valence-corrected chi connectivity index (χ2v) is 10.5. The van der Waals surface area contributed by atoms with Gasteiger partial charge < -0.3 is 9.84 Å². The van der Waals surface area contributed by atoms with E-state index in [1.807, 2.05) is 6.92 Å². The molecule has 4 fully saturated rings. The number of rotatable bonds is 1. The second-order valence-electron chi connectivity index (χ2n) is 10.5. The Kier molecular flexibility index (Phi) is 3.68. The average molecular weight is 364 g/mol. The van der Waals surface area contributed by atoms with Crippen molar-refractivity contribution in [3.8, 4) is 0 Å². The molecule has 4 aliphatic carbocycles. The van der Waals surface area contributed by atoms with Gasteiger partial charge in [0.1, 0.15) is 11.9 Å². The number of Topliss-reactive ketones (excluding diaryl/α,β-unsaturated/α-hetero) is 1. The summed E-state index contributed by atoms with van der Waals surface area (Å²) in [6, 6.07) is 0. The Hall–Kier alpha value is -0.900. The molecule has 2 bridgehead atoms. The van der Waals surface area contributed by atoms with E-state index in [9.17, 15) is 14.7 Å². The van der Waals surface area contributed by atoms with Crippen LogP contribution in [-0.4, -0.2) is 29.1 Å². The number of ether oxygens (including phenoxy) is 1. The number of aliphatic hydroxyl groups excluding tert-OH is 1. The van der Waals surface area contributed by atoms with Crippen LogP contribution < -0.4 is 0 Å². The molecule has 0 saturated heterocycles. The molecule has 4 heteroatoms. The molecule has 146 valence electrons. The highest BCUT2D eigenvalue weighted by molar-refractivity contribution is 5.84. The van der Waals surface area contributed by atoms with Crippen LogP contribution in [0, 0.1) is 39.9 Å². The first-order valence-corrected chi connectivity index (χ1v) is 10.2. The number of carbonyl (C=O) groups is 2. The summed E-state index contributed by atoms with van der Waals surface area (Å²) in [5.74, 6) is -1.40. The Morgan fingerprint density at radius 3 is 2.58 bits per heavy atom. The van der Waals surface area contributed by atoms with Crippen molar-refractivity contribution in [2.24, 2.45) is 39.9 Å². The fourth-order valence-corrected chi connectivity index (χ4v) is 7.92. The van der Waals surface area contributed by atoms with Crippen molar-refractivity contribution >= 4 is 11.8 Å². The van der Waals surface area contributed by atoms with E-state index in [0.717, 1.165) is 25.7 Å². The lowest BCUT2D eigenvalue weighted by Gasteiger charge is -2.66. The first-order chi connectivity index (χ1) is 12.4. The Balaban J connectivity index is 1.84. The molecular weight excluding hydrogens is 328 g/mol. The number of hydrogen-bond donors (Lipinski definition) is 1. The third-order valence-corrected chi connectivity index (χ3v) is 8.89. The van der Waals surface area contributed by atoms with Crippen molar-refractivity contribution in [2.45, 2.75) is 85.4 Å². The van der Waals surface area contributed by atoms with E-state index < -0.39 is 23.3 Å². The standard InChI is InChI=1S/C22H34O4/c1-12-11-22-9-6-15-20(3,4)8-7-17(26-13(2)23)21(15,5)16(22)10-14(24)18(12)19(22)25/h12,15-19,25H,6-11H2,1-5H3/t12-,15-,16+,17+,18-,19-,21-,22+/m1/s1/i12D. The van der Waals surface area contributed by atoms with Crippen LogP contribution in [0.4, 0.5) is 0 Å². The number of hydrogen-bond acceptors (Lipinski definition) is 4. The molecule has 0 unspecified atom stereocenters. The van der Waals surface area contributed by atoms with E-state index in [-0.39, 0.29) is 34.6 Å². The number of carbonyl (C=O) groups excluding carboxylic acids is 2. The van der Waals surface area contributed by atoms with Gasteiger partial charge in [-0.25, -0.2) is 0 Å². The number of esters is 1. The first kappa shape index (κ1) is 17.2. The van der Waals surface area contributed by atoms with E-state index >= 15 is 0 Å². The Morgan fingerprint density at radius 2 is 1.92 bits per heavy atom. The molecular formula is C22H34O4. The molecule has 0 heterocycles. The molecule has 4 aliphatic rings. The van der Waals surface area contributed by atoms with Crippen LogP contribution in [0.1, 0.15) is 74.5 Å². The third kappa shape index (κ3) is 2.17. The minimum atomic E-state index is -0.907. The molecule has 0 aliphatic heterocycles. The van der Waals surface area contributed by atoms with Gasteiger partial charge in [-0.05, 0) is 55.2 Å². The van der Waals surface area contributed by atoms with Crippen molar-refractivity contribution in [3.63, 3.8) is 0 Å². The monoisotopic (exact) mass is 363 g/mol. The lowest BCUT2D eigenvalue weighted by molar-refractivity contribution is -0.228. The van der Waals surface area contributed by atoms with Crippen LogP contribution in [0.15, 0.2) is 0 Å². The molecule has 0 amide bonds. The fourth-order valence-electron chi connectivity index (χ4n) is 7.92. The highest BCUT2D eigenvalue weighted by atomic mass is 16.5. The first-order valence-electron chi connectivity index (χ1n) is 10.7. The van der Waals surface area contributed by atoms with Gasteiger partial charge in [-0.1, -0.05) is 27.7 Å².